The van der Waals surface area contributed by atoms with Crippen LogP contribution in [-0.4, -0.2) is 127 Å². The SMILES string of the molecule is Nc1ncnc2c1c(-c1ccc(Oc3ccccc3)cc1)nn2C1CCCN(C(=O)/C=C/CN2CCN(CCCCCCSc3cccc4c3CN(C3CCC(=O)NC3=O)C4=O)CC2)C1. The number of unbranched alkanes of at least 4 members (excludes halogenated alkanes) is 3. The Morgan fingerprint density at radius 3 is 2.46 bits per heavy atom. The van der Waals surface area contributed by atoms with Crippen molar-refractivity contribution in [3.8, 4) is 22.8 Å². The number of carbonyl (C=O) groups is 4. The Hall–Kier alpha value is -6.10. The molecule has 4 aliphatic rings. The zero-order valence-corrected chi connectivity index (χ0v) is 37.5. The van der Waals surface area contributed by atoms with E-state index >= 15 is 0 Å². The van der Waals surface area contributed by atoms with Gasteiger partial charge in [0.1, 0.15) is 35.4 Å². The van der Waals surface area contributed by atoms with Crippen molar-refractivity contribution in [2.75, 3.05) is 63.8 Å². The highest BCUT2D eigenvalue weighted by Gasteiger charge is 2.40. The molecule has 0 saturated carbocycles. The molecule has 15 nitrogen and oxygen atoms in total. The molecule has 0 spiro atoms. The summed E-state index contributed by atoms with van der Waals surface area (Å²) < 4.78 is 7.93. The molecule has 0 radical (unpaired) electrons. The van der Waals surface area contributed by atoms with Crippen LogP contribution < -0.4 is 15.8 Å². The van der Waals surface area contributed by atoms with Crippen LogP contribution in [0.15, 0.2) is 96.2 Å². The van der Waals surface area contributed by atoms with E-state index in [2.05, 4.69) is 31.2 Å². The average molecular weight is 897 g/mol. The van der Waals surface area contributed by atoms with Crippen molar-refractivity contribution in [3.63, 3.8) is 0 Å². The van der Waals surface area contributed by atoms with Crippen LogP contribution in [0, 0.1) is 0 Å². The van der Waals surface area contributed by atoms with E-state index in [0.717, 1.165) is 98.2 Å². The second-order valence-corrected chi connectivity index (χ2v) is 18.4. The molecule has 0 bridgehead atoms. The van der Waals surface area contributed by atoms with Gasteiger partial charge in [-0.2, -0.15) is 5.10 Å². The van der Waals surface area contributed by atoms with E-state index < -0.39 is 6.04 Å². The number of aromatic nitrogens is 4. The fraction of sp³-hybridized carbons (Fsp3) is 0.408. The summed E-state index contributed by atoms with van der Waals surface area (Å²) in [4.78, 5) is 69.3. The summed E-state index contributed by atoms with van der Waals surface area (Å²) in [6, 6.07) is 22.6. The third kappa shape index (κ3) is 10.2. The number of fused-ring (bicyclic) bond motifs is 2. The molecular formula is C49H56N10O5S. The number of piperazine rings is 1. The van der Waals surface area contributed by atoms with Crippen LogP contribution in [0.3, 0.4) is 0 Å². The smallest absolute Gasteiger partial charge is 0.255 e. The fourth-order valence-electron chi connectivity index (χ4n) is 9.38. The minimum atomic E-state index is -0.593. The molecule has 2 unspecified atom stereocenters. The molecule has 9 rings (SSSR count). The van der Waals surface area contributed by atoms with Gasteiger partial charge in [0.05, 0.1) is 11.4 Å². The van der Waals surface area contributed by atoms with Crippen LogP contribution in [0.5, 0.6) is 11.5 Å². The van der Waals surface area contributed by atoms with Crippen molar-refractivity contribution in [2.45, 2.75) is 74.9 Å². The lowest BCUT2D eigenvalue weighted by Crippen LogP contribution is -2.52. The Bertz CT molecular complexity index is 2540. The van der Waals surface area contributed by atoms with Crippen LogP contribution in [0.2, 0.25) is 0 Å². The van der Waals surface area contributed by atoms with Gasteiger partial charge in [-0.25, -0.2) is 14.6 Å². The third-order valence-corrected chi connectivity index (χ3v) is 14.1. The molecule has 6 heterocycles. The molecule has 2 atom stereocenters. The highest BCUT2D eigenvalue weighted by atomic mass is 32.2. The van der Waals surface area contributed by atoms with Crippen molar-refractivity contribution >= 4 is 52.2 Å². The van der Waals surface area contributed by atoms with Gasteiger partial charge in [0.2, 0.25) is 17.7 Å². The van der Waals surface area contributed by atoms with Crippen LogP contribution >= 0.6 is 11.8 Å². The van der Waals surface area contributed by atoms with E-state index in [1.54, 1.807) is 22.7 Å². The maximum absolute atomic E-state index is 13.5. The summed E-state index contributed by atoms with van der Waals surface area (Å²) in [6.07, 6.45) is 12.2. The minimum absolute atomic E-state index is 0.0192. The number of likely N-dealkylation sites (tertiary alicyclic amines) is 1. The second kappa shape index (κ2) is 20.4. The number of hydrogen-bond acceptors (Lipinski definition) is 12. The Kier molecular flexibility index (Phi) is 13.8. The van der Waals surface area contributed by atoms with Gasteiger partial charge in [0.15, 0.2) is 5.65 Å². The van der Waals surface area contributed by atoms with Crippen LogP contribution in [-0.2, 0) is 20.9 Å². The average Bonchev–Trinajstić information content (AvgIpc) is 3.89. The number of carbonyl (C=O) groups excluding carboxylic acids is 4. The Balaban J connectivity index is 0.685. The fourth-order valence-corrected chi connectivity index (χ4v) is 10.5. The first-order valence-electron chi connectivity index (χ1n) is 22.9. The molecule has 5 aromatic rings. The highest BCUT2D eigenvalue weighted by molar-refractivity contribution is 7.99. The first-order valence-corrected chi connectivity index (χ1v) is 23.9. The number of imide groups is 1. The predicted molar refractivity (Wildman–Crippen MR) is 250 cm³/mol. The Morgan fingerprint density at radius 2 is 1.65 bits per heavy atom. The normalized spacial score (nSPS) is 19.6. The number of piperidine rings is 2. The van der Waals surface area contributed by atoms with Gasteiger partial charge in [-0.05, 0) is 98.5 Å². The number of benzene rings is 3. The summed E-state index contributed by atoms with van der Waals surface area (Å²) in [7, 11) is 0. The van der Waals surface area contributed by atoms with Crippen molar-refractivity contribution in [2.24, 2.45) is 0 Å². The molecular weight excluding hydrogens is 841 g/mol. The summed E-state index contributed by atoms with van der Waals surface area (Å²) in [6.45, 7) is 7.51. The largest absolute Gasteiger partial charge is 0.457 e. The lowest BCUT2D eigenvalue weighted by Gasteiger charge is -2.34. The van der Waals surface area contributed by atoms with Crippen LogP contribution in [0.1, 0.15) is 73.3 Å². The lowest BCUT2D eigenvalue weighted by molar-refractivity contribution is -0.137. The van der Waals surface area contributed by atoms with E-state index in [-0.39, 0.29) is 36.1 Å². The number of nitrogens with zero attached hydrogens (tertiary/aromatic N) is 8. The maximum Gasteiger partial charge on any atom is 0.255 e. The number of rotatable bonds is 16. The highest BCUT2D eigenvalue weighted by Crippen LogP contribution is 2.36. The van der Waals surface area contributed by atoms with Gasteiger partial charge in [-0.1, -0.05) is 43.2 Å². The van der Waals surface area contributed by atoms with E-state index in [9.17, 15) is 19.2 Å². The number of anilines is 1. The van der Waals surface area contributed by atoms with Crippen molar-refractivity contribution < 1.29 is 23.9 Å². The van der Waals surface area contributed by atoms with Gasteiger partial charge < -0.3 is 25.2 Å². The zero-order valence-electron chi connectivity index (χ0n) is 36.6. The van der Waals surface area contributed by atoms with Gasteiger partial charge in [0, 0.05) is 80.9 Å². The number of amides is 4. The number of nitrogens with one attached hydrogen (secondary N) is 1. The third-order valence-electron chi connectivity index (χ3n) is 12.9. The van der Waals surface area contributed by atoms with Crippen LogP contribution in [0.25, 0.3) is 22.3 Å². The molecule has 338 valence electrons. The molecule has 3 aromatic carbocycles. The molecule has 3 N–H and O–H groups in total. The number of ether oxygens (including phenoxy) is 1. The number of nitrogen functional groups attached to an aromatic ring is 1. The Morgan fingerprint density at radius 1 is 0.862 bits per heavy atom. The molecule has 65 heavy (non-hydrogen) atoms. The summed E-state index contributed by atoms with van der Waals surface area (Å²) in [5.41, 5.74) is 10.3. The summed E-state index contributed by atoms with van der Waals surface area (Å²) >= 11 is 1.79. The van der Waals surface area contributed by atoms with Gasteiger partial charge >= 0.3 is 0 Å². The molecule has 0 aliphatic carbocycles. The molecule has 3 fully saturated rings. The molecule has 4 amide bonds. The zero-order chi connectivity index (χ0) is 44.7. The molecule has 16 heteroatoms. The quantitative estimate of drug-likeness (QED) is 0.0490. The number of nitrogens with two attached hydrogens (primary N) is 1. The monoisotopic (exact) mass is 896 g/mol. The van der Waals surface area contributed by atoms with Crippen LogP contribution in [0.4, 0.5) is 5.82 Å². The summed E-state index contributed by atoms with van der Waals surface area (Å²) in [5, 5.41) is 8.14. The Labute approximate surface area is 383 Å². The van der Waals surface area contributed by atoms with E-state index in [0.29, 0.717) is 54.2 Å². The van der Waals surface area contributed by atoms with Crippen molar-refractivity contribution in [1.82, 2.24) is 44.7 Å². The number of hydrogen-bond donors (Lipinski definition) is 2. The van der Waals surface area contributed by atoms with E-state index in [1.807, 2.05) is 82.4 Å². The van der Waals surface area contributed by atoms with Gasteiger partial charge in [-0.3, -0.25) is 29.4 Å². The lowest BCUT2D eigenvalue weighted by atomic mass is 10.0. The van der Waals surface area contributed by atoms with Gasteiger partial charge in [0.25, 0.3) is 5.91 Å². The summed E-state index contributed by atoms with van der Waals surface area (Å²) in [5.74, 6) is 2.07. The first-order chi connectivity index (χ1) is 31.8. The molecule has 3 saturated heterocycles. The second-order valence-electron chi connectivity index (χ2n) is 17.3. The minimum Gasteiger partial charge on any atom is -0.457 e. The van der Waals surface area contributed by atoms with E-state index in [4.69, 9.17) is 15.6 Å². The van der Waals surface area contributed by atoms with E-state index in [1.165, 1.54) is 19.2 Å². The topological polar surface area (TPSA) is 172 Å². The predicted octanol–water partition coefficient (Wildman–Crippen LogP) is 6.32. The van der Waals surface area contributed by atoms with Crippen molar-refractivity contribution in [3.05, 3.63) is 102 Å². The molecule has 2 aromatic heterocycles. The maximum atomic E-state index is 13.5. The molecule has 4 aliphatic heterocycles. The standard InChI is InChI=1S/C49H56N10O5S/c50-46-44-45(34-17-19-37(20-18-34)64-36-12-4-3-5-13-36)54-59(47(44)52-33-51-46)35-11-9-25-57(31-35)43(61)16-10-24-56-28-26-55(27-29-56)23-6-1-2-7-30-65-41-15-8-14-38-39(41)32-58(49(38)63)40-21-22-42(60)53-48(40)62/h3-5,8,10,12-20,33,35,40H,1-2,6-7,9,11,21-32H2,(H2,50,51,52)(H,53,60,62)/b16-10+. The van der Waals surface area contributed by atoms with Crippen molar-refractivity contribution in [1.29, 1.82) is 0 Å². The first kappa shape index (κ1) is 44.1. The number of para-hydroxylation sites is 1. The van der Waals surface area contributed by atoms with Gasteiger partial charge in [-0.15, -0.1) is 11.8 Å². The number of thioether (sulfide) groups is 1.